The number of benzene rings is 1. The molecule has 0 bridgehead atoms. The molecule has 1 saturated carbocycles. The van der Waals surface area contributed by atoms with E-state index in [0.717, 1.165) is 18.5 Å². The minimum atomic E-state index is 0.185. The average molecular weight is 275 g/mol. The van der Waals surface area contributed by atoms with Gasteiger partial charge >= 0.3 is 0 Å². The van der Waals surface area contributed by atoms with Gasteiger partial charge in [-0.15, -0.1) is 11.6 Å². The summed E-state index contributed by atoms with van der Waals surface area (Å²) in [5.74, 6) is 0. The molecular weight excluding hydrogens is 256 g/mol. The van der Waals surface area contributed by atoms with Gasteiger partial charge in [0.2, 0.25) is 0 Å². The lowest BCUT2D eigenvalue weighted by atomic mass is 9.67. The fraction of sp³-hybridized carbons (Fsp3) is 0.438. The van der Waals surface area contributed by atoms with E-state index in [1.54, 1.807) is 0 Å². The summed E-state index contributed by atoms with van der Waals surface area (Å²) in [4.78, 5) is 4.39. The summed E-state index contributed by atoms with van der Waals surface area (Å²) in [7, 11) is 0. The van der Waals surface area contributed by atoms with Crippen LogP contribution in [0.1, 0.15) is 25.8 Å². The zero-order valence-electron chi connectivity index (χ0n) is 11.4. The second-order valence-electron chi connectivity index (χ2n) is 5.95. The minimum absolute atomic E-state index is 0.185. The molecule has 0 spiro atoms. The number of hydrogen-bond donors (Lipinski definition) is 1. The number of para-hydroxylation sites is 1. The third-order valence-electron chi connectivity index (χ3n) is 4.43. The van der Waals surface area contributed by atoms with E-state index < -0.39 is 0 Å². The number of fused-ring (bicyclic) bond motifs is 1. The second kappa shape index (κ2) is 4.77. The molecule has 3 rings (SSSR count). The fourth-order valence-electron chi connectivity index (χ4n) is 2.76. The van der Waals surface area contributed by atoms with E-state index in [1.165, 1.54) is 10.9 Å². The Balaban J connectivity index is 1.76. The highest BCUT2D eigenvalue weighted by Gasteiger charge is 2.46. The van der Waals surface area contributed by atoms with Crippen LogP contribution in [0.2, 0.25) is 0 Å². The second-order valence-corrected chi connectivity index (χ2v) is 6.47. The van der Waals surface area contributed by atoms with Gasteiger partial charge in [-0.2, -0.15) is 0 Å². The van der Waals surface area contributed by atoms with Crippen LogP contribution in [0.3, 0.4) is 0 Å². The number of aromatic nitrogens is 1. The molecule has 0 amide bonds. The van der Waals surface area contributed by atoms with Gasteiger partial charge < -0.3 is 5.32 Å². The summed E-state index contributed by atoms with van der Waals surface area (Å²) >= 11 is 6.26. The first kappa shape index (κ1) is 12.9. The van der Waals surface area contributed by atoms with Crippen molar-refractivity contribution in [1.29, 1.82) is 0 Å². The SMILES string of the molecule is CC1(C)C(Cl)CC1NCc1ccnc2ccccc12. The molecule has 1 aromatic heterocycles. The van der Waals surface area contributed by atoms with Gasteiger partial charge in [-0.25, -0.2) is 0 Å². The predicted octanol–water partition coefficient (Wildman–Crippen LogP) is 3.73. The third kappa shape index (κ3) is 2.24. The molecule has 2 aromatic rings. The molecule has 0 saturated heterocycles. The van der Waals surface area contributed by atoms with Gasteiger partial charge in [0.05, 0.1) is 5.52 Å². The summed E-state index contributed by atoms with van der Waals surface area (Å²) in [6, 6.07) is 10.9. The Morgan fingerprint density at radius 3 is 2.84 bits per heavy atom. The van der Waals surface area contributed by atoms with Gasteiger partial charge in [-0.05, 0) is 29.5 Å². The molecule has 0 radical (unpaired) electrons. The van der Waals surface area contributed by atoms with Crippen LogP contribution in [-0.4, -0.2) is 16.4 Å². The van der Waals surface area contributed by atoms with Crippen molar-refractivity contribution in [2.75, 3.05) is 0 Å². The van der Waals surface area contributed by atoms with Crippen molar-refractivity contribution in [3.05, 3.63) is 42.1 Å². The number of halogens is 1. The molecule has 100 valence electrons. The van der Waals surface area contributed by atoms with E-state index in [2.05, 4.69) is 48.4 Å². The Hall–Kier alpha value is -1.12. The molecule has 1 aliphatic carbocycles. The van der Waals surface area contributed by atoms with Crippen molar-refractivity contribution < 1.29 is 0 Å². The summed E-state index contributed by atoms with van der Waals surface area (Å²) in [6.07, 6.45) is 2.94. The Morgan fingerprint density at radius 1 is 1.32 bits per heavy atom. The van der Waals surface area contributed by atoms with Gasteiger partial charge in [0.25, 0.3) is 0 Å². The molecule has 0 aliphatic heterocycles. The van der Waals surface area contributed by atoms with Crippen molar-refractivity contribution in [1.82, 2.24) is 10.3 Å². The Morgan fingerprint density at radius 2 is 2.11 bits per heavy atom. The molecule has 1 aromatic carbocycles. The van der Waals surface area contributed by atoms with E-state index in [4.69, 9.17) is 11.6 Å². The summed E-state index contributed by atoms with van der Waals surface area (Å²) in [5, 5.41) is 5.16. The zero-order valence-corrected chi connectivity index (χ0v) is 12.1. The molecule has 3 heteroatoms. The van der Waals surface area contributed by atoms with Gasteiger partial charge in [0.15, 0.2) is 0 Å². The number of nitrogens with zero attached hydrogens (tertiary/aromatic N) is 1. The Kier molecular flexibility index (Phi) is 3.23. The maximum atomic E-state index is 6.26. The highest BCUT2D eigenvalue weighted by Crippen LogP contribution is 2.44. The quantitative estimate of drug-likeness (QED) is 0.863. The van der Waals surface area contributed by atoms with Gasteiger partial charge in [-0.1, -0.05) is 32.0 Å². The summed E-state index contributed by atoms with van der Waals surface area (Å²) in [5.41, 5.74) is 2.55. The Labute approximate surface area is 119 Å². The van der Waals surface area contributed by atoms with Crippen LogP contribution in [0.5, 0.6) is 0 Å². The van der Waals surface area contributed by atoms with Gasteiger partial charge in [0, 0.05) is 29.5 Å². The topological polar surface area (TPSA) is 24.9 Å². The number of nitrogens with one attached hydrogen (secondary N) is 1. The van der Waals surface area contributed by atoms with E-state index in [9.17, 15) is 0 Å². The average Bonchev–Trinajstić information content (AvgIpc) is 2.43. The van der Waals surface area contributed by atoms with Crippen molar-refractivity contribution in [3.63, 3.8) is 0 Å². The van der Waals surface area contributed by atoms with Crippen molar-refractivity contribution in [2.24, 2.45) is 5.41 Å². The number of pyridine rings is 1. The van der Waals surface area contributed by atoms with Crippen molar-refractivity contribution in [2.45, 2.75) is 38.2 Å². The van der Waals surface area contributed by atoms with Crippen LogP contribution in [-0.2, 0) is 6.54 Å². The third-order valence-corrected chi connectivity index (χ3v) is 5.17. The molecule has 1 heterocycles. The number of hydrogen-bond acceptors (Lipinski definition) is 2. The largest absolute Gasteiger partial charge is 0.309 e. The monoisotopic (exact) mass is 274 g/mol. The van der Waals surface area contributed by atoms with E-state index >= 15 is 0 Å². The van der Waals surface area contributed by atoms with E-state index in [-0.39, 0.29) is 5.41 Å². The number of alkyl halides is 1. The standard InChI is InChI=1S/C16H19ClN2/c1-16(2)14(17)9-15(16)19-10-11-7-8-18-13-6-4-3-5-12(11)13/h3-8,14-15,19H,9-10H2,1-2H3. The van der Waals surface area contributed by atoms with Crippen LogP contribution < -0.4 is 5.32 Å². The molecular formula is C16H19ClN2. The maximum Gasteiger partial charge on any atom is 0.0705 e. The van der Waals surface area contributed by atoms with Crippen LogP contribution in [0.25, 0.3) is 10.9 Å². The first-order chi connectivity index (χ1) is 9.09. The van der Waals surface area contributed by atoms with Crippen LogP contribution in [0, 0.1) is 5.41 Å². The molecule has 1 fully saturated rings. The van der Waals surface area contributed by atoms with Gasteiger partial charge in [-0.3, -0.25) is 4.98 Å². The highest BCUT2D eigenvalue weighted by atomic mass is 35.5. The smallest absolute Gasteiger partial charge is 0.0705 e. The van der Waals surface area contributed by atoms with Crippen LogP contribution in [0.4, 0.5) is 0 Å². The number of rotatable bonds is 3. The zero-order chi connectivity index (χ0) is 13.5. The molecule has 2 nitrogen and oxygen atoms in total. The molecule has 2 atom stereocenters. The summed E-state index contributed by atoms with van der Waals surface area (Å²) in [6.45, 7) is 5.34. The lowest BCUT2D eigenvalue weighted by molar-refractivity contribution is 0.115. The first-order valence-corrected chi connectivity index (χ1v) is 7.23. The first-order valence-electron chi connectivity index (χ1n) is 6.79. The molecule has 1 N–H and O–H groups in total. The highest BCUT2D eigenvalue weighted by molar-refractivity contribution is 6.21. The molecule has 2 unspecified atom stereocenters. The minimum Gasteiger partial charge on any atom is -0.309 e. The van der Waals surface area contributed by atoms with Crippen LogP contribution in [0.15, 0.2) is 36.5 Å². The van der Waals surface area contributed by atoms with Crippen LogP contribution >= 0.6 is 11.6 Å². The van der Waals surface area contributed by atoms with Crippen molar-refractivity contribution >= 4 is 22.5 Å². The fourth-order valence-corrected chi connectivity index (χ4v) is 3.09. The molecule has 1 aliphatic rings. The normalized spacial score (nSPS) is 25.2. The maximum absolute atomic E-state index is 6.26. The lowest BCUT2D eigenvalue weighted by Crippen LogP contribution is -2.57. The lowest BCUT2D eigenvalue weighted by Gasteiger charge is -2.49. The predicted molar refractivity (Wildman–Crippen MR) is 80.4 cm³/mol. The Bertz CT molecular complexity index is 589. The van der Waals surface area contributed by atoms with E-state index in [0.29, 0.717) is 11.4 Å². The summed E-state index contributed by atoms with van der Waals surface area (Å²) < 4.78 is 0. The molecule has 19 heavy (non-hydrogen) atoms. The van der Waals surface area contributed by atoms with Crippen molar-refractivity contribution in [3.8, 4) is 0 Å². The van der Waals surface area contributed by atoms with Gasteiger partial charge in [0.1, 0.15) is 0 Å². The van der Waals surface area contributed by atoms with E-state index in [1.807, 2.05) is 12.3 Å².